The van der Waals surface area contributed by atoms with Crippen LogP contribution < -0.4 is 16.2 Å². The highest BCUT2D eigenvalue weighted by molar-refractivity contribution is 7.80. The van der Waals surface area contributed by atoms with Crippen LogP contribution in [0.25, 0.3) is 22.1 Å². The van der Waals surface area contributed by atoms with Gasteiger partial charge in [0, 0.05) is 21.6 Å². The number of hydrogen-bond acceptors (Lipinski definition) is 5. The van der Waals surface area contributed by atoms with E-state index in [0.717, 1.165) is 22.1 Å². The zero-order chi connectivity index (χ0) is 17.2. The number of H-pyrrole nitrogens is 1. The third-order valence-corrected chi connectivity index (χ3v) is 3.97. The third kappa shape index (κ3) is 3.30. The lowest BCUT2D eigenvalue weighted by Crippen LogP contribution is -2.34. The van der Waals surface area contributed by atoms with Crippen LogP contribution in [0.4, 0.5) is 11.6 Å². The van der Waals surface area contributed by atoms with Gasteiger partial charge in [-0.15, -0.1) is 10.2 Å². The van der Waals surface area contributed by atoms with Crippen molar-refractivity contribution >= 4 is 62.6 Å². The Labute approximate surface area is 152 Å². The zero-order valence-corrected chi connectivity index (χ0v) is 14.3. The van der Waals surface area contributed by atoms with Crippen molar-refractivity contribution in [2.24, 2.45) is 0 Å². The van der Waals surface area contributed by atoms with Crippen molar-refractivity contribution in [2.75, 3.05) is 10.7 Å². The minimum atomic E-state index is 0.305. The second kappa shape index (κ2) is 6.50. The van der Waals surface area contributed by atoms with Crippen LogP contribution in [-0.4, -0.2) is 25.3 Å². The molecule has 0 atom stereocenters. The van der Waals surface area contributed by atoms with E-state index in [1.807, 2.05) is 36.4 Å². The Morgan fingerprint density at radius 3 is 2.68 bits per heavy atom. The number of thiocarbonyl (C=S) groups is 1. The van der Waals surface area contributed by atoms with Gasteiger partial charge in [0.15, 0.2) is 10.8 Å². The number of benzene rings is 2. The molecule has 0 bridgehead atoms. The number of aromatic amines is 1. The Bertz CT molecular complexity index is 1060. The van der Waals surface area contributed by atoms with Gasteiger partial charge in [0.1, 0.15) is 5.52 Å². The molecule has 0 aliphatic heterocycles. The number of hydrazine groups is 1. The normalized spacial score (nSPS) is 10.8. The van der Waals surface area contributed by atoms with Gasteiger partial charge < -0.3 is 10.3 Å². The standard InChI is InChI=1S/C16H12ClN7S/c17-9-5-7-10(8-6-9)18-16(25)24-23-15-20-14-13(21-22-15)11-3-1-2-4-12(11)19-14/h1-8H,(H2,18,24,25)(H2,19,20,22,23). The molecule has 2 aromatic carbocycles. The first kappa shape index (κ1) is 15.6. The molecule has 0 unspecified atom stereocenters. The minimum Gasteiger partial charge on any atom is -0.338 e. The number of nitrogens with one attached hydrogen (secondary N) is 4. The fourth-order valence-corrected chi connectivity index (χ4v) is 2.68. The van der Waals surface area contributed by atoms with E-state index in [9.17, 15) is 0 Å². The SMILES string of the molecule is S=C(NNc1nnc2c(n1)[nH]c1ccccc12)Nc1ccc(Cl)cc1. The molecule has 2 aromatic heterocycles. The van der Waals surface area contributed by atoms with E-state index >= 15 is 0 Å². The third-order valence-electron chi connectivity index (χ3n) is 3.51. The average Bonchev–Trinajstić information content (AvgIpc) is 3.00. The number of halogens is 1. The molecule has 25 heavy (non-hydrogen) atoms. The van der Waals surface area contributed by atoms with Crippen LogP contribution in [0.1, 0.15) is 0 Å². The fraction of sp³-hybridized carbons (Fsp3) is 0. The van der Waals surface area contributed by atoms with Crippen molar-refractivity contribution in [2.45, 2.75) is 0 Å². The first-order valence-electron chi connectivity index (χ1n) is 7.39. The van der Waals surface area contributed by atoms with Crippen LogP contribution >= 0.6 is 23.8 Å². The fourth-order valence-electron chi connectivity index (χ4n) is 2.38. The summed E-state index contributed by atoms with van der Waals surface area (Å²) in [4.78, 5) is 7.60. The molecule has 124 valence electrons. The quantitative estimate of drug-likeness (QED) is 0.324. The Morgan fingerprint density at radius 1 is 1.04 bits per heavy atom. The number of rotatable bonds is 3. The van der Waals surface area contributed by atoms with Gasteiger partial charge in [-0.25, -0.2) is 0 Å². The highest BCUT2D eigenvalue weighted by Crippen LogP contribution is 2.21. The van der Waals surface area contributed by atoms with Gasteiger partial charge in [-0.2, -0.15) is 4.98 Å². The van der Waals surface area contributed by atoms with Gasteiger partial charge in [-0.3, -0.25) is 10.9 Å². The van der Waals surface area contributed by atoms with Gasteiger partial charge in [-0.1, -0.05) is 29.8 Å². The van der Waals surface area contributed by atoms with Crippen molar-refractivity contribution in [3.63, 3.8) is 0 Å². The largest absolute Gasteiger partial charge is 0.338 e. The molecule has 4 N–H and O–H groups in total. The van der Waals surface area contributed by atoms with Gasteiger partial charge in [-0.05, 0) is 42.5 Å². The number of aromatic nitrogens is 4. The van der Waals surface area contributed by atoms with E-state index in [1.165, 1.54) is 0 Å². The van der Waals surface area contributed by atoms with Crippen LogP contribution in [-0.2, 0) is 0 Å². The molecule has 2 heterocycles. The highest BCUT2D eigenvalue weighted by Gasteiger charge is 2.08. The van der Waals surface area contributed by atoms with Crippen molar-refractivity contribution in [3.05, 3.63) is 53.6 Å². The van der Waals surface area contributed by atoms with Gasteiger partial charge >= 0.3 is 0 Å². The maximum absolute atomic E-state index is 5.85. The maximum atomic E-state index is 5.85. The molecule has 0 spiro atoms. The molecule has 4 aromatic rings. The summed E-state index contributed by atoms with van der Waals surface area (Å²) in [5.41, 5.74) is 8.80. The molecule has 0 aliphatic rings. The lowest BCUT2D eigenvalue weighted by molar-refractivity contribution is 0.972. The van der Waals surface area contributed by atoms with E-state index < -0.39 is 0 Å². The summed E-state index contributed by atoms with van der Waals surface area (Å²) >= 11 is 11.1. The summed E-state index contributed by atoms with van der Waals surface area (Å²) in [7, 11) is 0. The lowest BCUT2D eigenvalue weighted by Gasteiger charge is -2.11. The minimum absolute atomic E-state index is 0.305. The van der Waals surface area contributed by atoms with Crippen molar-refractivity contribution < 1.29 is 0 Å². The Morgan fingerprint density at radius 2 is 1.84 bits per heavy atom. The zero-order valence-electron chi connectivity index (χ0n) is 12.7. The van der Waals surface area contributed by atoms with Crippen LogP contribution in [0.5, 0.6) is 0 Å². The molecule has 7 nitrogen and oxygen atoms in total. The molecule has 0 aliphatic carbocycles. The van der Waals surface area contributed by atoms with Crippen molar-refractivity contribution in [1.29, 1.82) is 0 Å². The van der Waals surface area contributed by atoms with Gasteiger partial charge in [0.25, 0.3) is 5.95 Å². The smallest absolute Gasteiger partial charge is 0.263 e. The topological polar surface area (TPSA) is 90.6 Å². The molecule has 0 radical (unpaired) electrons. The molecule has 0 saturated carbocycles. The molecular weight excluding hydrogens is 358 g/mol. The van der Waals surface area contributed by atoms with E-state index in [2.05, 4.69) is 36.3 Å². The van der Waals surface area contributed by atoms with Crippen molar-refractivity contribution in [3.8, 4) is 0 Å². The first-order valence-corrected chi connectivity index (χ1v) is 8.17. The number of para-hydroxylation sites is 1. The maximum Gasteiger partial charge on any atom is 0.263 e. The predicted molar refractivity (Wildman–Crippen MR) is 104 cm³/mol. The van der Waals surface area contributed by atoms with Crippen molar-refractivity contribution in [1.82, 2.24) is 25.6 Å². The van der Waals surface area contributed by atoms with E-state index in [-0.39, 0.29) is 0 Å². The summed E-state index contributed by atoms with van der Waals surface area (Å²) in [6.07, 6.45) is 0. The monoisotopic (exact) mass is 369 g/mol. The number of fused-ring (bicyclic) bond motifs is 3. The molecule has 0 saturated heterocycles. The van der Waals surface area contributed by atoms with Gasteiger partial charge in [0.2, 0.25) is 0 Å². The highest BCUT2D eigenvalue weighted by atomic mass is 35.5. The average molecular weight is 370 g/mol. The van der Waals surface area contributed by atoms with E-state index in [4.69, 9.17) is 23.8 Å². The molecular formula is C16H12ClN7S. The first-order chi connectivity index (χ1) is 12.2. The van der Waals surface area contributed by atoms with Crippen LogP contribution in [0.2, 0.25) is 5.02 Å². The summed E-state index contributed by atoms with van der Waals surface area (Å²) in [5, 5.41) is 13.3. The number of nitrogens with zero attached hydrogens (tertiary/aromatic N) is 3. The van der Waals surface area contributed by atoms with Crippen LogP contribution in [0, 0.1) is 0 Å². The summed E-state index contributed by atoms with van der Waals surface area (Å²) < 4.78 is 0. The number of hydrogen-bond donors (Lipinski definition) is 4. The lowest BCUT2D eigenvalue weighted by atomic mass is 10.2. The summed E-state index contributed by atoms with van der Waals surface area (Å²) in [5.74, 6) is 0.305. The second-order valence-electron chi connectivity index (χ2n) is 5.21. The molecule has 0 fully saturated rings. The second-order valence-corrected chi connectivity index (χ2v) is 6.06. The Hall–Kier alpha value is -2.97. The van der Waals surface area contributed by atoms with E-state index in [0.29, 0.717) is 21.7 Å². The Balaban J connectivity index is 1.46. The molecule has 0 amide bonds. The molecule has 9 heteroatoms. The number of anilines is 2. The van der Waals surface area contributed by atoms with Crippen LogP contribution in [0.3, 0.4) is 0 Å². The van der Waals surface area contributed by atoms with Crippen LogP contribution in [0.15, 0.2) is 48.5 Å². The van der Waals surface area contributed by atoms with Gasteiger partial charge in [0.05, 0.1) is 0 Å². The summed E-state index contributed by atoms with van der Waals surface area (Å²) in [6.45, 7) is 0. The molecule has 4 rings (SSSR count). The Kier molecular flexibility index (Phi) is 4.04. The van der Waals surface area contributed by atoms with E-state index in [1.54, 1.807) is 12.1 Å². The summed E-state index contributed by atoms with van der Waals surface area (Å²) in [6, 6.07) is 15.0. The predicted octanol–water partition coefficient (Wildman–Crippen LogP) is 3.47.